The number of ether oxygens (including phenoxy) is 1. The summed E-state index contributed by atoms with van der Waals surface area (Å²) in [7, 11) is 1.59. The highest BCUT2D eigenvalue weighted by atomic mass is 35.5. The molecule has 0 radical (unpaired) electrons. The summed E-state index contributed by atoms with van der Waals surface area (Å²) in [4.78, 5) is 29.5. The van der Waals surface area contributed by atoms with E-state index in [9.17, 15) is 9.59 Å². The second-order valence-corrected chi connectivity index (χ2v) is 9.64. The molecule has 1 atom stereocenters. The SMILES string of the molecule is COc1ccccc1CNC(=O)[C@@]1(C)Cn2nc(-c3ccccc3)cc2C(=O)N1c1cccc(Cl)c1C. The molecule has 0 bridgehead atoms. The van der Waals surface area contributed by atoms with Crippen molar-refractivity contribution in [2.24, 2.45) is 0 Å². The van der Waals surface area contributed by atoms with Gasteiger partial charge in [0.25, 0.3) is 5.91 Å². The molecule has 37 heavy (non-hydrogen) atoms. The number of halogens is 1. The zero-order chi connectivity index (χ0) is 26.2. The lowest BCUT2D eigenvalue weighted by Gasteiger charge is -2.43. The van der Waals surface area contributed by atoms with Crippen molar-refractivity contribution in [3.63, 3.8) is 0 Å². The summed E-state index contributed by atoms with van der Waals surface area (Å²) in [5.41, 5.74) is 2.84. The van der Waals surface area contributed by atoms with Crippen molar-refractivity contribution in [3.05, 3.63) is 101 Å². The lowest BCUT2D eigenvalue weighted by molar-refractivity contribution is -0.126. The van der Waals surface area contributed by atoms with Crippen molar-refractivity contribution in [3.8, 4) is 17.0 Å². The highest BCUT2D eigenvalue weighted by molar-refractivity contribution is 6.32. The zero-order valence-corrected chi connectivity index (χ0v) is 21.6. The van der Waals surface area contributed by atoms with Gasteiger partial charge in [0.15, 0.2) is 0 Å². The fourth-order valence-electron chi connectivity index (χ4n) is 4.76. The number of para-hydroxylation sites is 1. The van der Waals surface area contributed by atoms with Crippen molar-refractivity contribution in [2.45, 2.75) is 32.5 Å². The molecule has 7 nitrogen and oxygen atoms in total. The van der Waals surface area contributed by atoms with Gasteiger partial charge in [-0.15, -0.1) is 0 Å². The number of nitrogens with one attached hydrogen (secondary N) is 1. The molecule has 1 aliphatic heterocycles. The van der Waals surface area contributed by atoms with Crippen LogP contribution in [0, 0.1) is 6.92 Å². The molecule has 188 valence electrons. The third-order valence-electron chi connectivity index (χ3n) is 6.82. The van der Waals surface area contributed by atoms with Gasteiger partial charge in [0.05, 0.1) is 19.3 Å². The quantitative estimate of drug-likeness (QED) is 0.381. The second-order valence-electron chi connectivity index (χ2n) is 9.23. The van der Waals surface area contributed by atoms with Crippen LogP contribution in [0.2, 0.25) is 5.02 Å². The van der Waals surface area contributed by atoms with Crippen LogP contribution >= 0.6 is 11.6 Å². The fraction of sp³-hybridized carbons (Fsp3) is 0.207. The van der Waals surface area contributed by atoms with Gasteiger partial charge >= 0.3 is 0 Å². The Bertz CT molecular complexity index is 1480. The van der Waals surface area contributed by atoms with E-state index in [0.29, 0.717) is 27.8 Å². The molecule has 1 aliphatic rings. The number of hydrogen-bond acceptors (Lipinski definition) is 4. The van der Waals surface area contributed by atoms with Gasteiger partial charge in [-0.25, -0.2) is 0 Å². The number of carbonyl (C=O) groups is 2. The number of hydrogen-bond donors (Lipinski definition) is 1. The molecule has 1 aromatic heterocycles. The van der Waals surface area contributed by atoms with Gasteiger partial charge in [0.1, 0.15) is 17.0 Å². The number of carbonyl (C=O) groups excluding carboxylic acids is 2. The predicted octanol–water partition coefficient (Wildman–Crippen LogP) is 5.26. The standard InChI is InChI=1S/C29H27ClN4O3/c1-19-22(30)13-9-14-24(19)34-27(35)25-16-23(20-10-5-4-6-11-20)32-33(25)18-29(34,2)28(36)31-17-21-12-7-8-15-26(21)37-3/h4-16H,17-18H2,1-3H3,(H,31,36)/t29-/m1/s1. The van der Waals surface area contributed by atoms with Crippen molar-refractivity contribution in [1.82, 2.24) is 15.1 Å². The number of nitrogens with zero attached hydrogens (tertiary/aromatic N) is 3. The molecule has 0 saturated carbocycles. The van der Waals surface area contributed by atoms with E-state index in [-0.39, 0.29) is 24.9 Å². The Labute approximate surface area is 220 Å². The first-order valence-electron chi connectivity index (χ1n) is 12.0. The van der Waals surface area contributed by atoms with E-state index in [4.69, 9.17) is 21.4 Å². The van der Waals surface area contributed by atoms with E-state index in [1.165, 1.54) is 0 Å². The smallest absolute Gasteiger partial charge is 0.277 e. The first kappa shape index (κ1) is 24.6. The van der Waals surface area contributed by atoms with Gasteiger partial charge in [0, 0.05) is 28.4 Å². The maximum atomic E-state index is 14.0. The molecular weight excluding hydrogens is 488 g/mol. The zero-order valence-electron chi connectivity index (χ0n) is 20.9. The third kappa shape index (κ3) is 4.36. The minimum atomic E-state index is -1.28. The van der Waals surface area contributed by atoms with E-state index in [1.807, 2.05) is 67.6 Å². The van der Waals surface area contributed by atoms with Gasteiger partial charge in [-0.3, -0.25) is 19.2 Å². The summed E-state index contributed by atoms with van der Waals surface area (Å²) in [6, 6.07) is 24.3. The van der Waals surface area contributed by atoms with Gasteiger partial charge < -0.3 is 10.1 Å². The van der Waals surface area contributed by atoms with Gasteiger partial charge in [-0.2, -0.15) is 5.10 Å². The Morgan fingerprint density at radius 3 is 2.57 bits per heavy atom. The minimum absolute atomic E-state index is 0.171. The number of benzene rings is 3. The van der Waals surface area contributed by atoms with Crippen molar-refractivity contribution < 1.29 is 14.3 Å². The van der Waals surface area contributed by atoms with E-state index < -0.39 is 5.54 Å². The molecule has 3 aromatic carbocycles. The molecule has 1 N–H and O–H groups in total. The van der Waals surface area contributed by atoms with Crippen molar-refractivity contribution in [1.29, 1.82) is 0 Å². The van der Waals surface area contributed by atoms with Crippen LogP contribution in [-0.4, -0.2) is 34.2 Å². The number of methoxy groups -OCH3 is 1. The summed E-state index contributed by atoms with van der Waals surface area (Å²) >= 11 is 6.44. The summed E-state index contributed by atoms with van der Waals surface area (Å²) in [6.45, 7) is 4.02. The number of rotatable bonds is 6. The lowest BCUT2D eigenvalue weighted by Crippen LogP contribution is -2.64. The monoisotopic (exact) mass is 514 g/mol. The first-order valence-corrected chi connectivity index (χ1v) is 12.3. The van der Waals surface area contributed by atoms with Crippen molar-refractivity contribution >= 4 is 29.1 Å². The maximum Gasteiger partial charge on any atom is 0.277 e. The molecule has 5 rings (SSSR count). The van der Waals surface area contributed by atoms with Gasteiger partial charge in [-0.05, 0) is 43.7 Å². The van der Waals surface area contributed by atoms with Gasteiger partial charge in [0.2, 0.25) is 5.91 Å². The Morgan fingerprint density at radius 1 is 1.08 bits per heavy atom. The summed E-state index contributed by atoms with van der Waals surface area (Å²) in [5, 5.41) is 8.25. The molecule has 0 saturated heterocycles. The largest absolute Gasteiger partial charge is 0.496 e. The van der Waals surface area contributed by atoms with Crippen LogP contribution in [0.15, 0.2) is 78.9 Å². The van der Waals surface area contributed by atoms with E-state index in [0.717, 1.165) is 16.7 Å². The summed E-state index contributed by atoms with van der Waals surface area (Å²) < 4.78 is 7.06. The molecule has 0 fully saturated rings. The van der Waals surface area contributed by atoms with Crippen LogP contribution in [0.5, 0.6) is 5.75 Å². The Hall–Kier alpha value is -4.10. The lowest BCUT2D eigenvalue weighted by atomic mass is 9.93. The van der Waals surface area contributed by atoms with Crippen LogP contribution < -0.4 is 15.0 Å². The van der Waals surface area contributed by atoms with Crippen LogP contribution in [0.3, 0.4) is 0 Å². The molecule has 2 amide bonds. The number of fused-ring (bicyclic) bond motifs is 1. The third-order valence-corrected chi connectivity index (χ3v) is 7.23. The highest BCUT2D eigenvalue weighted by Crippen LogP contribution is 2.37. The predicted molar refractivity (Wildman–Crippen MR) is 144 cm³/mol. The fourth-order valence-corrected chi connectivity index (χ4v) is 4.93. The molecule has 2 heterocycles. The second kappa shape index (κ2) is 9.75. The minimum Gasteiger partial charge on any atom is -0.496 e. The Balaban J connectivity index is 1.57. The normalized spacial score (nSPS) is 16.9. The van der Waals surface area contributed by atoms with E-state index in [1.54, 1.807) is 41.8 Å². The maximum absolute atomic E-state index is 14.0. The average Bonchev–Trinajstić information content (AvgIpc) is 3.34. The molecular formula is C29H27ClN4O3. The Morgan fingerprint density at radius 2 is 1.81 bits per heavy atom. The summed E-state index contributed by atoms with van der Waals surface area (Å²) in [6.07, 6.45) is 0. The van der Waals surface area contributed by atoms with Crippen LogP contribution in [0.4, 0.5) is 5.69 Å². The first-order chi connectivity index (χ1) is 17.8. The molecule has 0 spiro atoms. The average molecular weight is 515 g/mol. The van der Waals surface area contributed by atoms with Gasteiger partial charge in [-0.1, -0.05) is 66.2 Å². The highest BCUT2D eigenvalue weighted by Gasteiger charge is 2.49. The molecule has 0 aliphatic carbocycles. The van der Waals surface area contributed by atoms with Crippen LogP contribution in [0.25, 0.3) is 11.3 Å². The summed E-state index contributed by atoms with van der Waals surface area (Å²) in [5.74, 6) is 0.0480. The van der Waals surface area contributed by atoms with Crippen molar-refractivity contribution in [2.75, 3.05) is 12.0 Å². The van der Waals surface area contributed by atoms with Crippen LogP contribution in [-0.2, 0) is 17.9 Å². The Kier molecular flexibility index (Phi) is 6.48. The van der Waals surface area contributed by atoms with E-state index in [2.05, 4.69) is 5.32 Å². The molecule has 0 unspecified atom stereocenters. The number of amides is 2. The van der Waals surface area contributed by atoms with Crippen LogP contribution in [0.1, 0.15) is 28.5 Å². The van der Waals surface area contributed by atoms with E-state index >= 15 is 0 Å². The molecule has 4 aromatic rings. The number of anilines is 1. The topological polar surface area (TPSA) is 76.5 Å². The molecule has 8 heteroatoms. The number of aromatic nitrogens is 2.